The zero-order valence-electron chi connectivity index (χ0n) is 13.7. The number of ether oxygens (including phenoxy) is 2. The summed E-state index contributed by atoms with van der Waals surface area (Å²) in [6.45, 7) is 5.19. The molecule has 0 aliphatic heterocycles. The predicted octanol–water partition coefficient (Wildman–Crippen LogP) is 4.35. The minimum Gasteiger partial charge on any atom is -0.467 e. The molecule has 1 amide bonds. The average Bonchev–Trinajstić information content (AvgIpc) is 2.88. The SMILES string of the molecule is COC(=O)[C@H](CC(C)C)N(C(=O)OCC(Cl)(Cl)Cl)c1cc(C)ns1. The number of amides is 1. The molecule has 24 heavy (non-hydrogen) atoms. The molecule has 1 aromatic heterocycles. The Morgan fingerprint density at radius 1 is 1.38 bits per heavy atom. The third kappa shape index (κ3) is 6.63. The molecule has 0 saturated carbocycles. The van der Waals surface area contributed by atoms with Gasteiger partial charge in [-0.15, -0.1) is 0 Å². The molecule has 0 aliphatic rings. The maximum Gasteiger partial charge on any atom is 0.415 e. The normalized spacial score (nSPS) is 12.8. The highest BCUT2D eigenvalue weighted by atomic mass is 35.6. The molecule has 1 aromatic rings. The van der Waals surface area contributed by atoms with Gasteiger partial charge < -0.3 is 9.47 Å². The van der Waals surface area contributed by atoms with Crippen LogP contribution < -0.4 is 4.90 Å². The topological polar surface area (TPSA) is 68.7 Å². The average molecular weight is 418 g/mol. The Kier molecular flexibility index (Phi) is 8.05. The number of anilines is 1. The summed E-state index contributed by atoms with van der Waals surface area (Å²) in [6, 6.07) is 0.815. The van der Waals surface area contributed by atoms with Crippen LogP contribution in [0.5, 0.6) is 0 Å². The summed E-state index contributed by atoms with van der Waals surface area (Å²) in [5.41, 5.74) is 0.710. The van der Waals surface area contributed by atoms with Crippen molar-refractivity contribution in [1.29, 1.82) is 0 Å². The third-order valence-corrected chi connectivity index (χ3v) is 4.10. The predicted molar refractivity (Wildman–Crippen MR) is 96.2 cm³/mol. The summed E-state index contributed by atoms with van der Waals surface area (Å²) in [4.78, 5) is 26.0. The Bertz CT molecular complexity index is 575. The number of hydrogen-bond acceptors (Lipinski definition) is 6. The summed E-state index contributed by atoms with van der Waals surface area (Å²) >= 11 is 17.9. The standard InChI is InChI=1S/C14H19Cl3N2O4S/c1-8(2)5-10(12(20)22-4)19(11-6-9(3)18-24-11)13(21)23-7-14(15,16)17/h6,8,10H,5,7H2,1-4H3/t10-/m0/s1. The van der Waals surface area contributed by atoms with E-state index in [0.717, 1.165) is 11.5 Å². The summed E-state index contributed by atoms with van der Waals surface area (Å²) in [5, 5.41) is 0.456. The Morgan fingerprint density at radius 2 is 2.00 bits per heavy atom. The van der Waals surface area contributed by atoms with Gasteiger partial charge in [0, 0.05) is 0 Å². The highest BCUT2D eigenvalue weighted by Gasteiger charge is 2.36. The number of esters is 1. The van der Waals surface area contributed by atoms with E-state index in [1.54, 1.807) is 13.0 Å². The molecule has 0 spiro atoms. The molecule has 1 rings (SSSR count). The zero-order chi connectivity index (χ0) is 18.5. The molecule has 0 saturated heterocycles. The van der Waals surface area contributed by atoms with Crippen LogP contribution in [0.25, 0.3) is 0 Å². The first-order valence-electron chi connectivity index (χ1n) is 7.09. The van der Waals surface area contributed by atoms with Gasteiger partial charge in [-0.3, -0.25) is 4.90 Å². The Morgan fingerprint density at radius 3 is 2.42 bits per heavy atom. The summed E-state index contributed by atoms with van der Waals surface area (Å²) < 4.78 is 12.3. The Labute approximate surface area is 160 Å². The molecule has 10 heteroatoms. The van der Waals surface area contributed by atoms with E-state index in [-0.39, 0.29) is 5.92 Å². The van der Waals surface area contributed by atoms with E-state index in [0.29, 0.717) is 17.1 Å². The monoisotopic (exact) mass is 416 g/mol. The highest BCUT2D eigenvalue weighted by Crippen LogP contribution is 2.30. The number of methoxy groups -OCH3 is 1. The van der Waals surface area contributed by atoms with Crippen molar-refractivity contribution in [3.05, 3.63) is 11.8 Å². The van der Waals surface area contributed by atoms with Gasteiger partial charge in [0.15, 0.2) is 0 Å². The van der Waals surface area contributed by atoms with E-state index in [9.17, 15) is 9.59 Å². The summed E-state index contributed by atoms with van der Waals surface area (Å²) in [5.74, 6) is -0.424. The quantitative estimate of drug-likeness (QED) is 0.508. The van der Waals surface area contributed by atoms with Crippen LogP contribution in [0.1, 0.15) is 26.0 Å². The molecule has 0 N–H and O–H groups in total. The second-order valence-electron chi connectivity index (χ2n) is 5.51. The second kappa shape index (κ2) is 9.08. The van der Waals surface area contributed by atoms with Gasteiger partial charge in [0.05, 0.1) is 12.8 Å². The van der Waals surface area contributed by atoms with Crippen molar-refractivity contribution >= 4 is 63.4 Å². The van der Waals surface area contributed by atoms with Gasteiger partial charge in [0.25, 0.3) is 0 Å². The van der Waals surface area contributed by atoms with Gasteiger partial charge in [-0.25, -0.2) is 9.59 Å². The number of carbonyl (C=O) groups is 2. The van der Waals surface area contributed by atoms with Crippen molar-refractivity contribution in [3.8, 4) is 0 Å². The lowest BCUT2D eigenvalue weighted by Crippen LogP contribution is -2.47. The molecule has 0 aromatic carbocycles. The fraction of sp³-hybridized carbons (Fsp3) is 0.643. The minimum atomic E-state index is -1.75. The fourth-order valence-corrected chi connectivity index (χ4v) is 2.90. The Hall–Kier alpha value is -0.760. The molecule has 136 valence electrons. The van der Waals surface area contributed by atoms with E-state index < -0.39 is 28.5 Å². The van der Waals surface area contributed by atoms with Crippen molar-refractivity contribution in [3.63, 3.8) is 0 Å². The number of hydrogen-bond donors (Lipinski definition) is 0. The number of aryl methyl sites for hydroxylation is 1. The molecule has 0 radical (unpaired) electrons. The number of aromatic nitrogens is 1. The van der Waals surface area contributed by atoms with E-state index in [2.05, 4.69) is 4.37 Å². The molecular formula is C14H19Cl3N2O4S. The van der Waals surface area contributed by atoms with Crippen molar-refractivity contribution < 1.29 is 19.1 Å². The first-order chi connectivity index (χ1) is 11.0. The first-order valence-corrected chi connectivity index (χ1v) is 8.99. The van der Waals surface area contributed by atoms with E-state index in [1.165, 1.54) is 12.0 Å². The highest BCUT2D eigenvalue weighted by molar-refractivity contribution is 7.10. The van der Waals surface area contributed by atoms with Gasteiger partial charge in [-0.1, -0.05) is 48.7 Å². The van der Waals surface area contributed by atoms with Crippen molar-refractivity contribution in [1.82, 2.24) is 4.37 Å². The zero-order valence-corrected chi connectivity index (χ0v) is 16.8. The van der Waals surface area contributed by atoms with Crippen LogP contribution in [-0.4, -0.2) is 40.0 Å². The van der Waals surface area contributed by atoms with E-state index in [1.807, 2.05) is 13.8 Å². The lowest BCUT2D eigenvalue weighted by atomic mass is 10.0. The Balaban J connectivity index is 3.15. The third-order valence-electron chi connectivity index (χ3n) is 2.89. The number of nitrogens with zero attached hydrogens (tertiary/aromatic N) is 2. The molecule has 0 bridgehead atoms. The maximum absolute atomic E-state index is 12.5. The molecule has 0 fully saturated rings. The van der Waals surface area contributed by atoms with Crippen LogP contribution >= 0.6 is 46.3 Å². The fourth-order valence-electron chi connectivity index (χ4n) is 1.94. The van der Waals surface area contributed by atoms with Crippen LogP contribution in [-0.2, 0) is 14.3 Å². The van der Waals surface area contributed by atoms with Crippen LogP contribution in [0.15, 0.2) is 6.07 Å². The minimum absolute atomic E-state index is 0.131. The molecule has 0 aliphatic carbocycles. The van der Waals surface area contributed by atoms with Gasteiger partial charge in [0.2, 0.25) is 3.79 Å². The smallest absolute Gasteiger partial charge is 0.415 e. The molecule has 6 nitrogen and oxygen atoms in total. The van der Waals surface area contributed by atoms with Crippen LogP contribution in [0.2, 0.25) is 0 Å². The first kappa shape index (κ1) is 21.3. The van der Waals surface area contributed by atoms with Crippen molar-refractivity contribution in [2.75, 3.05) is 18.6 Å². The van der Waals surface area contributed by atoms with Crippen LogP contribution in [0, 0.1) is 12.8 Å². The van der Waals surface area contributed by atoms with Gasteiger partial charge in [0.1, 0.15) is 17.6 Å². The number of carbonyl (C=O) groups excluding carboxylic acids is 2. The largest absolute Gasteiger partial charge is 0.467 e. The lowest BCUT2D eigenvalue weighted by molar-refractivity contribution is -0.142. The van der Waals surface area contributed by atoms with Crippen molar-refractivity contribution in [2.45, 2.75) is 37.0 Å². The molecular weight excluding hydrogens is 399 g/mol. The lowest BCUT2D eigenvalue weighted by Gasteiger charge is -2.29. The molecule has 0 unspecified atom stereocenters. The van der Waals surface area contributed by atoms with E-state index >= 15 is 0 Å². The molecule has 1 atom stereocenters. The molecule has 1 heterocycles. The second-order valence-corrected chi connectivity index (χ2v) is 8.81. The van der Waals surface area contributed by atoms with Gasteiger partial charge in [-0.05, 0) is 36.9 Å². The maximum atomic E-state index is 12.5. The number of rotatable bonds is 6. The number of halogens is 3. The van der Waals surface area contributed by atoms with Crippen LogP contribution in [0.4, 0.5) is 9.80 Å². The summed E-state index contributed by atoms with van der Waals surface area (Å²) in [6.07, 6.45) is -0.423. The van der Waals surface area contributed by atoms with Gasteiger partial charge >= 0.3 is 12.1 Å². The van der Waals surface area contributed by atoms with E-state index in [4.69, 9.17) is 44.3 Å². The van der Waals surface area contributed by atoms with Crippen molar-refractivity contribution in [2.24, 2.45) is 5.92 Å². The number of alkyl halides is 3. The summed E-state index contributed by atoms with van der Waals surface area (Å²) in [7, 11) is 1.26. The van der Waals surface area contributed by atoms with Crippen LogP contribution in [0.3, 0.4) is 0 Å². The van der Waals surface area contributed by atoms with Gasteiger partial charge in [-0.2, -0.15) is 4.37 Å².